The van der Waals surface area contributed by atoms with Gasteiger partial charge in [0.15, 0.2) is 0 Å². The van der Waals surface area contributed by atoms with Crippen LogP contribution in [0.1, 0.15) is 88.2 Å². The molecule has 0 aliphatic heterocycles. The van der Waals surface area contributed by atoms with Crippen LogP contribution in [0, 0.1) is 29.6 Å². The van der Waals surface area contributed by atoms with Crippen molar-refractivity contribution < 1.29 is 13.2 Å². The van der Waals surface area contributed by atoms with Gasteiger partial charge in [0.1, 0.15) is 0 Å². The molecule has 4 unspecified atom stereocenters. The van der Waals surface area contributed by atoms with Crippen LogP contribution in [-0.4, -0.2) is 0 Å². The number of rotatable bonds is 3. The molecule has 0 spiro atoms. The van der Waals surface area contributed by atoms with Crippen molar-refractivity contribution in [2.75, 3.05) is 0 Å². The van der Waals surface area contributed by atoms with Crippen molar-refractivity contribution in [2.24, 2.45) is 29.6 Å². The molecule has 0 saturated heterocycles. The van der Waals surface area contributed by atoms with Crippen LogP contribution >= 0.6 is 0 Å². The maximum atomic E-state index is 12.8. The fraction of sp³-hybridized carbons (Fsp3) is 0.692. The molecule has 0 aromatic heterocycles. The molecule has 0 bridgehead atoms. The zero-order chi connectivity index (χ0) is 20.4. The quantitative estimate of drug-likeness (QED) is 0.444. The number of allylic oxidation sites excluding steroid dienone is 2. The summed E-state index contributed by atoms with van der Waals surface area (Å²) in [5.74, 6) is 4.89. The highest BCUT2D eigenvalue weighted by molar-refractivity contribution is 5.27. The monoisotopic (exact) mass is 404 g/mol. The van der Waals surface area contributed by atoms with Gasteiger partial charge in [-0.15, -0.1) is 0 Å². The first-order chi connectivity index (χ1) is 13.9. The lowest BCUT2D eigenvalue weighted by atomic mass is 9.61. The maximum Gasteiger partial charge on any atom is 0.416 e. The number of benzene rings is 1. The summed E-state index contributed by atoms with van der Waals surface area (Å²) < 4.78 is 38.4. The third kappa shape index (κ3) is 4.91. The van der Waals surface area contributed by atoms with Crippen molar-refractivity contribution in [3.05, 3.63) is 47.5 Å². The van der Waals surface area contributed by atoms with Crippen LogP contribution in [0.15, 0.2) is 36.4 Å². The lowest BCUT2D eigenvalue weighted by Gasteiger charge is -2.45. The molecule has 0 heterocycles. The average Bonchev–Trinajstić information content (AvgIpc) is 2.73. The van der Waals surface area contributed by atoms with E-state index in [1.165, 1.54) is 63.5 Å². The molecule has 3 saturated carbocycles. The molecule has 0 N–H and O–H groups in total. The second-order valence-electron chi connectivity index (χ2n) is 9.92. The first-order valence-corrected chi connectivity index (χ1v) is 11.7. The van der Waals surface area contributed by atoms with Gasteiger partial charge < -0.3 is 0 Å². The van der Waals surface area contributed by atoms with Crippen LogP contribution in [0.2, 0.25) is 0 Å². The molecule has 3 aliphatic rings. The third-order valence-corrected chi connectivity index (χ3v) is 8.31. The summed E-state index contributed by atoms with van der Waals surface area (Å²) in [6.45, 7) is 2.14. The molecule has 3 aliphatic carbocycles. The van der Waals surface area contributed by atoms with Crippen molar-refractivity contribution in [1.29, 1.82) is 0 Å². The first-order valence-electron chi connectivity index (χ1n) is 11.7. The number of hydrogen-bond acceptors (Lipinski definition) is 0. The minimum Gasteiger partial charge on any atom is -0.166 e. The molecule has 4 atom stereocenters. The Labute approximate surface area is 174 Å². The predicted molar refractivity (Wildman–Crippen MR) is 113 cm³/mol. The van der Waals surface area contributed by atoms with E-state index >= 15 is 0 Å². The van der Waals surface area contributed by atoms with Crippen molar-refractivity contribution in [1.82, 2.24) is 0 Å². The zero-order valence-electron chi connectivity index (χ0n) is 17.6. The highest BCUT2D eigenvalue weighted by Crippen LogP contribution is 2.50. The maximum absolute atomic E-state index is 12.8. The van der Waals surface area contributed by atoms with E-state index in [4.69, 9.17) is 0 Å². The fourth-order valence-corrected chi connectivity index (χ4v) is 6.71. The molecular weight excluding hydrogens is 369 g/mol. The summed E-state index contributed by atoms with van der Waals surface area (Å²) in [5.41, 5.74) is 0.568. The molecule has 3 heteroatoms. The SMILES string of the molecule is C/C=C/C1CCC2CC(C3CCC(c4ccc(C(F)(F)F)cc4)CC3)CCC2C1. The van der Waals surface area contributed by atoms with Crippen LogP contribution in [0.4, 0.5) is 13.2 Å². The van der Waals surface area contributed by atoms with E-state index in [1.54, 1.807) is 12.1 Å². The standard InChI is InChI=1S/C26H35F3/c1-2-3-18-4-5-24-17-23(11-10-22(24)16-18)21-8-6-19(7-9-21)20-12-14-25(15-13-20)26(27,28)29/h2-3,12-15,18-19,21-24H,4-11,16-17H2,1H3/b3-2+. The Morgan fingerprint density at radius 3 is 1.90 bits per heavy atom. The smallest absolute Gasteiger partial charge is 0.166 e. The number of hydrogen-bond donors (Lipinski definition) is 0. The molecule has 160 valence electrons. The van der Waals surface area contributed by atoms with Crippen LogP contribution in [0.5, 0.6) is 0 Å². The first kappa shape index (κ1) is 21.0. The van der Waals surface area contributed by atoms with E-state index in [9.17, 15) is 13.2 Å². The third-order valence-electron chi connectivity index (χ3n) is 8.31. The molecule has 3 fully saturated rings. The van der Waals surface area contributed by atoms with Gasteiger partial charge in [0.05, 0.1) is 5.56 Å². The molecular formula is C26H35F3. The highest BCUT2D eigenvalue weighted by Gasteiger charge is 2.38. The van der Waals surface area contributed by atoms with E-state index < -0.39 is 11.7 Å². The van der Waals surface area contributed by atoms with Gasteiger partial charge in [-0.2, -0.15) is 13.2 Å². The topological polar surface area (TPSA) is 0 Å². The number of alkyl halides is 3. The molecule has 29 heavy (non-hydrogen) atoms. The minimum atomic E-state index is -4.24. The van der Waals surface area contributed by atoms with E-state index in [2.05, 4.69) is 19.1 Å². The fourth-order valence-electron chi connectivity index (χ4n) is 6.71. The summed E-state index contributed by atoms with van der Waals surface area (Å²) in [4.78, 5) is 0. The molecule has 0 nitrogen and oxygen atoms in total. The van der Waals surface area contributed by atoms with Gasteiger partial charge in [0, 0.05) is 0 Å². The van der Waals surface area contributed by atoms with Crippen LogP contribution in [-0.2, 0) is 6.18 Å². The van der Waals surface area contributed by atoms with Crippen molar-refractivity contribution >= 4 is 0 Å². The molecule has 1 aromatic rings. The Hall–Kier alpha value is -1.25. The summed E-state index contributed by atoms with van der Waals surface area (Å²) in [6, 6.07) is 5.93. The lowest BCUT2D eigenvalue weighted by Crippen LogP contribution is -2.34. The van der Waals surface area contributed by atoms with E-state index in [-0.39, 0.29) is 0 Å². The molecule has 0 radical (unpaired) electrons. The van der Waals surface area contributed by atoms with Gasteiger partial charge in [-0.25, -0.2) is 0 Å². The average molecular weight is 405 g/mol. The summed E-state index contributed by atoms with van der Waals surface area (Å²) in [6.07, 6.45) is 13.7. The zero-order valence-corrected chi connectivity index (χ0v) is 17.6. The number of fused-ring (bicyclic) bond motifs is 1. The van der Waals surface area contributed by atoms with Crippen molar-refractivity contribution in [3.63, 3.8) is 0 Å². The molecule has 4 rings (SSSR count). The van der Waals surface area contributed by atoms with Crippen molar-refractivity contribution in [3.8, 4) is 0 Å². The summed E-state index contributed by atoms with van der Waals surface area (Å²) in [7, 11) is 0. The highest BCUT2D eigenvalue weighted by atomic mass is 19.4. The van der Waals surface area contributed by atoms with Gasteiger partial charge in [0.25, 0.3) is 0 Å². The van der Waals surface area contributed by atoms with E-state index in [0.29, 0.717) is 5.92 Å². The number of halogens is 3. The lowest BCUT2D eigenvalue weighted by molar-refractivity contribution is -0.137. The minimum absolute atomic E-state index is 0.446. The molecule has 1 aromatic carbocycles. The Morgan fingerprint density at radius 1 is 0.724 bits per heavy atom. The van der Waals surface area contributed by atoms with Crippen LogP contribution in [0.25, 0.3) is 0 Å². The van der Waals surface area contributed by atoms with Gasteiger partial charge in [-0.1, -0.05) is 24.3 Å². The Balaban J connectivity index is 1.28. The van der Waals surface area contributed by atoms with Gasteiger partial charge in [-0.3, -0.25) is 0 Å². The van der Waals surface area contributed by atoms with Gasteiger partial charge >= 0.3 is 6.18 Å². The van der Waals surface area contributed by atoms with Crippen LogP contribution < -0.4 is 0 Å². The second-order valence-corrected chi connectivity index (χ2v) is 9.92. The summed E-state index contributed by atoms with van der Waals surface area (Å²) in [5, 5.41) is 0. The normalized spacial score (nSPS) is 36.1. The molecule has 0 amide bonds. The van der Waals surface area contributed by atoms with Gasteiger partial charge in [0.2, 0.25) is 0 Å². The Morgan fingerprint density at radius 2 is 1.28 bits per heavy atom. The van der Waals surface area contributed by atoms with Gasteiger partial charge in [-0.05, 0) is 124 Å². The second kappa shape index (κ2) is 8.86. The Kier molecular flexibility index (Phi) is 6.41. The van der Waals surface area contributed by atoms with Crippen molar-refractivity contribution in [2.45, 2.75) is 83.2 Å². The largest absolute Gasteiger partial charge is 0.416 e. The van der Waals surface area contributed by atoms with E-state index in [1.807, 2.05) is 0 Å². The van der Waals surface area contributed by atoms with Crippen LogP contribution in [0.3, 0.4) is 0 Å². The predicted octanol–water partition coefficient (Wildman–Crippen LogP) is 8.39. The van der Waals surface area contributed by atoms with E-state index in [0.717, 1.165) is 48.0 Å². The Bertz CT molecular complexity index is 679. The summed E-state index contributed by atoms with van der Waals surface area (Å²) >= 11 is 0.